The van der Waals surface area contributed by atoms with E-state index >= 15 is 0 Å². The third kappa shape index (κ3) is 6.24. The van der Waals surface area contributed by atoms with Gasteiger partial charge in [0, 0.05) is 24.7 Å². The number of nitrogens with one attached hydrogen (secondary N) is 1. The highest BCUT2D eigenvalue weighted by atomic mass is 16.6. The molecule has 0 bridgehead atoms. The molecule has 11 heteroatoms. The van der Waals surface area contributed by atoms with Crippen molar-refractivity contribution < 1.29 is 14.4 Å². The predicted octanol–water partition coefficient (Wildman–Crippen LogP) is 1.18. The second-order valence-electron chi connectivity index (χ2n) is 6.07. The molecule has 2 rings (SSSR count). The molecule has 0 amide bonds. The third-order valence-corrected chi connectivity index (χ3v) is 4.04. The van der Waals surface area contributed by atoms with Gasteiger partial charge in [0.1, 0.15) is 11.5 Å². The largest absolute Gasteiger partial charge is 0.383 e. The Kier molecular flexibility index (Phi) is 8.52. The zero-order valence-electron chi connectivity index (χ0n) is 16.4. The molecule has 11 nitrogen and oxygen atoms in total. The van der Waals surface area contributed by atoms with E-state index in [9.17, 15) is 10.1 Å². The monoisotopic (exact) mass is 405 g/mol. The van der Waals surface area contributed by atoms with Gasteiger partial charge in [-0.2, -0.15) is 4.98 Å². The van der Waals surface area contributed by atoms with Crippen molar-refractivity contribution in [2.24, 2.45) is 5.73 Å². The van der Waals surface area contributed by atoms with Gasteiger partial charge in [-0.3, -0.25) is 10.1 Å². The minimum Gasteiger partial charge on any atom is -0.383 e. The van der Waals surface area contributed by atoms with Crippen LogP contribution in [0.15, 0.2) is 18.2 Å². The Hall–Kier alpha value is -3.02. The smallest absolute Gasteiger partial charge is 0.292 e. The van der Waals surface area contributed by atoms with Gasteiger partial charge in [-0.15, -0.1) is 0 Å². The van der Waals surface area contributed by atoms with Crippen LogP contribution < -0.4 is 22.5 Å². The van der Waals surface area contributed by atoms with E-state index in [-0.39, 0.29) is 17.5 Å². The van der Waals surface area contributed by atoms with Crippen LogP contribution in [0.5, 0.6) is 0 Å². The van der Waals surface area contributed by atoms with Crippen LogP contribution in [0.4, 0.5) is 23.1 Å². The molecular weight excluding hydrogens is 378 g/mol. The van der Waals surface area contributed by atoms with Crippen LogP contribution >= 0.6 is 0 Å². The predicted molar refractivity (Wildman–Crippen MR) is 112 cm³/mol. The van der Waals surface area contributed by atoms with Gasteiger partial charge >= 0.3 is 0 Å². The maximum absolute atomic E-state index is 11.6. The first-order valence-electron chi connectivity index (χ1n) is 9.28. The van der Waals surface area contributed by atoms with Crippen molar-refractivity contribution in [3.63, 3.8) is 0 Å². The lowest BCUT2D eigenvalue weighted by molar-refractivity contribution is -0.383. The van der Waals surface area contributed by atoms with E-state index in [4.69, 9.17) is 26.7 Å². The maximum atomic E-state index is 11.6. The summed E-state index contributed by atoms with van der Waals surface area (Å²) in [7, 11) is 0. The van der Waals surface area contributed by atoms with Crippen molar-refractivity contribution in [3.05, 3.63) is 34.0 Å². The molecule has 0 aliphatic heterocycles. The Labute approximate surface area is 168 Å². The summed E-state index contributed by atoms with van der Waals surface area (Å²) in [5, 5.41) is 14.6. The second-order valence-corrected chi connectivity index (χ2v) is 6.07. The van der Waals surface area contributed by atoms with Crippen molar-refractivity contribution >= 4 is 23.1 Å². The molecule has 0 aliphatic carbocycles. The fourth-order valence-corrected chi connectivity index (χ4v) is 2.77. The SMILES string of the molecule is CCc1nc(N)nc(N)c1-c1ccc(NCCOCCOCCN)c([N+](=O)[O-])c1. The zero-order valence-corrected chi connectivity index (χ0v) is 16.4. The van der Waals surface area contributed by atoms with Gasteiger partial charge in [-0.25, -0.2) is 4.98 Å². The van der Waals surface area contributed by atoms with Gasteiger partial charge in [0.25, 0.3) is 5.69 Å². The molecule has 0 spiro atoms. The van der Waals surface area contributed by atoms with Crippen molar-refractivity contribution in [2.75, 3.05) is 56.3 Å². The third-order valence-electron chi connectivity index (χ3n) is 4.04. The lowest BCUT2D eigenvalue weighted by atomic mass is 10.0. The first-order valence-corrected chi connectivity index (χ1v) is 9.28. The molecular formula is C18H27N7O4. The van der Waals surface area contributed by atoms with Crippen molar-refractivity contribution in [2.45, 2.75) is 13.3 Å². The highest BCUT2D eigenvalue weighted by molar-refractivity contribution is 5.81. The summed E-state index contributed by atoms with van der Waals surface area (Å²) in [4.78, 5) is 19.3. The van der Waals surface area contributed by atoms with E-state index in [0.29, 0.717) is 68.4 Å². The number of aryl methyl sites for hydroxylation is 1. The fraction of sp³-hybridized carbons (Fsp3) is 0.444. The molecule has 0 saturated carbocycles. The van der Waals surface area contributed by atoms with Crippen LogP contribution in [-0.4, -0.2) is 54.4 Å². The van der Waals surface area contributed by atoms with E-state index in [1.165, 1.54) is 6.07 Å². The Morgan fingerprint density at radius 1 is 1.14 bits per heavy atom. The summed E-state index contributed by atoms with van der Waals surface area (Å²) in [5.74, 6) is 0.263. The first-order chi connectivity index (χ1) is 14.0. The minimum atomic E-state index is -0.451. The van der Waals surface area contributed by atoms with Crippen LogP contribution in [0.1, 0.15) is 12.6 Å². The molecule has 1 aromatic heterocycles. The summed E-state index contributed by atoms with van der Waals surface area (Å²) >= 11 is 0. The number of nitrogens with zero attached hydrogens (tertiary/aromatic N) is 3. The molecule has 0 saturated heterocycles. The van der Waals surface area contributed by atoms with E-state index in [1.807, 2.05) is 6.92 Å². The first kappa shape index (κ1) is 22.3. The van der Waals surface area contributed by atoms with Crippen LogP contribution in [0.25, 0.3) is 11.1 Å². The van der Waals surface area contributed by atoms with Crippen molar-refractivity contribution in [3.8, 4) is 11.1 Å². The summed E-state index contributed by atoms with van der Waals surface area (Å²) in [6, 6.07) is 4.82. The number of nitrogens with two attached hydrogens (primary N) is 3. The minimum absolute atomic E-state index is 0.0734. The van der Waals surface area contributed by atoms with E-state index in [1.54, 1.807) is 12.1 Å². The van der Waals surface area contributed by atoms with Gasteiger partial charge < -0.3 is 32.0 Å². The van der Waals surface area contributed by atoms with Crippen LogP contribution in [0.3, 0.4) is 0 Å². The number of rotatable bonds is 12. The number of anilines is 3. The molecule has 29 heavy (non-hydrogen) atoms. The average Bonchev–Trinajstić information content (AvgIpc) is 2.69. The fourth-order valence-electron chi connectivity index (χ4n) is 2.77. The van der Waals surface area contributed by atoms with Crippen LogP contribution in [0, 0.1) is 10.1 Å². The van der Waals surface area contributed by atoms with Crippen LogP contribution in [0.2, 0.25) is 0 Å². The topological polar surface area (TPSA) is 177 Å². The summed E-state index contributed by atoms with van der Waals surface area (Å²) in [6.07, 6.45) is 0.562. The molecule has 0 aliphatic rings. The van der Waals surface area contributed by atoms with Gasteiger partial charge in [0.2, 0.25) is 5.95 Å². The molecule has 2 aromatic rings. The van der Waals surface area contributed by atoms with Crippen molar-refractivity contribution in [1.82, 2.24) is 9.97 Å². The number of nitro groups is 1. The normalized spacial score (nSPS) is 10.8. The lowest BCUT2D eigenvalue weighted by Crippen LogP contribution is -2.15. The van der Waals surface area contributed by atoms with Gasteiger partial charge in [-0.05, 0) is 18.1 Å². The second kappa shape index (κ2) is 11.1. The Bertz CT molecular complexity index is 832. The van der Waals surface area contributed by atoms with E-state index < -0.39 is 4.92 Å². The highest BCUT2D eigenvalue weighted by Gasteiger charge is 2.19. The standard InChI is InChI=1S/C18H27N7O4/c1-2-13-16(17(20)24-18(21)23-13)12-3-4-14(15(11-12)25(26)27)22-6-8-29-10-9-28-7-5-19/h3-4,11,22H,2,5-10,19H2,1H3,(H4,20,21,23,24). The zero-order chi connectivity index (χ0) is 21.2. The highest BCUT2D eigenvalue weighted by Crippen LogP contribution is 2.34. The number of nitrogen functional groups attached to an aromatic ring is 2. The maximum Gasteiger partial charge on any atom is 0.292 e. The summed E-state index contributed by atoms with van der Waals surface area (Å²) in [6.45, 7) is 4.53. The number of hydrogen-bond acceptors (Lipinski definition) is 10. The molecule has 0 radical (unpaired) electrons. The lowest BCUT2D eigenvalue weighted by Gasteiger charge is -2.13. The Balaban J connectivity index is 2.09. The molecule has 158 valence electrons. The molecule has 7 N–H and O–H groups in total. The Morgan fingerprint density at radius 2 is 1.86 bits per heavy atom. The van der Waals surface area contributed by atoms with Gasteiger partial charge in [0.15, 0.2) is 0 Å². The van der Waals surface area contributed by atoms with E-state index in [2.05, 4.69) is 15.3 Å². The average molecular weight is 405 g/mol. The van der Waals surface area contributed by atoms with Crippen LogP contribution in [-0.2, 0) is 15.9 Å². The van der Waals surface area contributed by atoms with Gasteiger partial charge in [-0.1, -0.05) is 13.0 Å². The number of aromatic nitrogens is 2. The molecule has 1 aromatic carbocycles. The summed E-state index contributed by atoms with van der Waals surface area (Å²) < 4.78 is 10.6. The summed E-state index contributed by atoms with van der Waals surface area (Å²) in [5.41, 5.74) is 19.0. The molecule has 0 unspecified atom stereocenters. The number of ether oxygens (including phenoxy) is 2. The molecule has 1 heterocycles. The van der Waals surface area contributed by atoms with E-state index in [0.717, 1.165) is 0 Å². The Morgan fingerprint density at radius 3 is 2.52 bits per heavy atom. The molecule has 0 atom stereocenters. The quantitative estimate of drug-likeness (QED) is 0.228. The number of nitro benzene ring substituents is 1. The van der Waals surface area contributed by atoms with Gasteiger partial charge in [0.05, 0.1) is 37.0 Å². The van der Waals surface area contributed by atoms with Crippen molar-refractivity contribution in [1.29, 1.82) is 0 Å². The number of hydrogen-bond donors (Lipinski definition) is 4. The molecule has 0 fully saturated rings. The number of benzene rings is 1.